The number of thioether (sulfide) groups is 1. The van der Waals surface area contributed by atoms with E-state index in [-0.39, 0.29) is 17.7 Å². The number of carbonyl (C=O) groups is 2. The number of rotatable bonds is 6. The molecule has 10 heteroatoms. The van der Waals surface area contributed by atoms with Gasteiger partial charge in [0, 0.05) is 29.6 Å². The van der Waals surface area contributed by atoms with Crippen molar-refractivity contribution in [2.24, 2.45) is 5.92 Å². The number of nitrogens with one attached hydrogen (secondary N) is 2. The Labute approximate surface area is 207 Å². The number of carbonyl (C=O) groups excluding carboxylic acids is 2. The highest BCUT2D eigenvalue weighted by Gasteiger charge is 2.27. The van der Waals surface area contributed by atoms with E-state index in [1.54, 1.807) is 25.4 Å². The summed E-state index contributed by atoms with van der Waals surface area (Å²) in [6.07, 6.45) is 2.39. The first-order chi connectivity index (χ1) is 17.0. The third-order valence-corrected chi connectivity index (χ3v) is 7.51. The fourth-order valence-electron chi connectivity index (χ4n) is 4.49. The number of hydrogen-bond acceptors (Lipinski definition) is 8. The van der Waals surface area contributed by atoms with Crippen molar-refractivity contribution in [2.45, 2.75) is 23.8 Å². The molecule has 0 bridgehead atoms. The summed E-state index contributed by atoms with van der Waals surface area (Å²) < 4.78 is 5.21. The molecule has 1 saturated heterocycles. The molecule has 1 aromatic carbocycles. The summed E-state index contributed by atoms with van der Waals surface area (Å²) in [6, 6.07) is 11.0. The molecule has 4 heterocycles. The predicted molar refractivity (Wildman–Crippen MR) is 135 cm³/mol. The van der Waals surface area contributed by atoms with Gasteiger partial charge in [-0.25, -0.2) is 4.98 Å². The number of fused-ring (bicyclic) bond motifs is 2. The van der Waals surface area contributed by atoms with Gasteiger partial charge in [0.25, 0.3) is 0 Å². The molecule has 35 heavy (non-hydrogen) atoms. The summed E-state index contributed by atoms with van der Waals surface area (Å²) in [4.78, 5) is 36.6. The molecule has 2 amide bonds. The number of benzene rings is 1. The van der Waals surface area contributed by atoms with Crippen LogP contribution in [0, 0.1) is 5.92 Å². The first kappa shape index (κ1) is 23.5. The molecule has 3 N–H and O–H groups in total. The number of aliphatic hydroxyl groups excluding tert-OH is 1. The average Bonchev–Trinajstić information content (AvgIpc) is 2.88. The van der Waals surface area contributed by atoms with E-state index >= 15 is 0 Å². The van der Waals surface area contributed by atoms with Gasteiger partial charge in [0.05, 0.1) is 35.9 Å². The molecule has 9 nitrogen and oxygen atoms in total. The van der Waals surface area contributed by atoms with Gasteiger partial charge in [0.2, 0.25) is 17.7 Å². The fraction of sp³-hybridized carbons (Fsp3) is 0.360. The maximum absolute atomic E-state index is 13.0. The van der Waals surface area contributed by atoms with Gasteiger partial charge in [-0.2, -0.15) is 0 Å². The van der Waals surface area contributed by atoms with Crippen molar-refractivity contribution >= 4 is 46.0 Å². The van der Waals surface area contributed by atoms with Gasteiger partial charge < -0.3 is 25.4 Å². The van der Waals surface area contributed by atoms with Crippen LogP contribution in [-0.2, 0) is 9.59 Å². The van der Waals surface area contributed by atoms with Crippen LogP contribution in [0.4, 0.5) is 11.4 Å². The number of nitrogens with zero attached hydrogens (tertiary/aromatic N) is 3. The number of piperidine rings is 1. The van der Waals surface area contributed by atoms with E-state index in [1.807, 2.05) is 24.3 Å². The van der Waals surface area contributed by atoms with Gasteiger partial charge >= 0.3 is 0 Å². The zero-order chi connectivity index (χ0) is 24.4. The number of pyridine rings is 2. The second-order valence-corrected chi connectivity index (χ2v) is 9.77. The number of aliphatic hydroxyl groups is 1. The highest BCUT2D eigenvalue weighted by molar-refractivity contribution is 8.00. The Hall–Kier alpha value is -3.21. The Morgan fingerprint density at radius 1 is 1.29 bits per heavy atom. The zero-order valence-corrected chi connectivity index (χ0v) is 20.2. The minimum atomic E-state index is -0.668. The maximum Gasteiger partial charge on any atom is 0.234 e. The van der Waals surface area contributed by atoms with Crippen molar-refractivity contribution in [3.05, 3.63) is 48.2 Å². The van der Waals surface area contributed by atoms with Crippen LogP contribution in [0.2, 0.25) is 0 Å². The lowest BCUT2D eigenvalue weighted by molar-refractivity contribution is -0.121. The van der Waals surface area contributed by atoms with Crippen LogP contribution in [-0.4, -0.2) is 64.3 Å². The number of amides is 2. The molecule has 0 unspecified atom stereocenters. The lowest BCUT2D eigenvalue weighted by atomic mass is 9.95. The van der Waals surface area contributed by atoms with E-state index in [4.69, 9.17) is 4.74 Å². The number of β-amino-alcohol motifs (C(OH)–C–C–N with tert-alkyl or cyclic N) is 1. The van der Waals surface area contributed by atoms with Crippen LogP contribution < -0.4 is 15.4 Å². The van der Waals surface area contributed by atoms with Crippen LogP contribution in [0.3, 0.4) is 0 Å². The Kier molecular flexibility index (Phi) is 6.85. The number of hydrogen-bond donors (Lipinski definition) is 3. The van der Waals surface area contributed by atoms with Crippen molar-refractivity contribution in [3.63, 3.8) is 0 Å². The lowest BCUT2D eigenvalue weighted by Gasteiger charge is -2.32. The molecule has 5 rings (SSSR count). The second kappa shape index (κ2) is 10.2. The molecule has 1 atom stereocenters. The van der Waals surface area contributed by atoms with Gasteiger partial charge in [0.15, 0.2) is 0 Å². The Bertz CT molecular complexity index is 1260. The number of anilines is 2. The van der Waals surface area contributed by atoms with Crippen molar-refractivity contribution in [3.8, 4) is 5.88 Å². The molecule has 0 aliphatic carbocycles. The van der Waals surface area contributed by atoms with Gasteiger partial charge in [0.1, 0.15) is 5.52 Å². The quantitative estimate of drug-likeness (QED) is 0.480. The molecular formula is C25H27N5O4S. The van der Waals surface area contributed by atoms with Gasteiger partial charge in [-0.05, 0) is 55.8 Å². The van der Waals surface area contributed by atoms with Crippen molar-refractivity contribution < 1.29 is 19.4 Å². The second-order valence-electron chi connectivity index (χ2n) is 8.75. The molecule has 3 aromatic rings. The summed E-state index contributed by atoms with van der Waals surface area (Å²) in [5.74, 6) is 0.704. The van der Waals surface area contributed by atoms with Crippen molar-refractivity contribution in [2.75, 3.05) is 43.1 Å². The van der Waals surface area contributed by atoms with E-state index in [0.29, 0.717) is 47.7 Å². The number of likely N-dealkylation sites (tertiary alicyclic amines) is 1. The summed E-state index contributed by atoms with van der Waals surface area (Å²) >= 11 is 1.50. The van der Waals surface area contributed by atoms with Crippen LogP contribution in [0.15, 0.2) is 47.5 Å². The van der Waals surface area contributed by atoms with Gasteiger partial charge in [-0.3, -0.25) is 14.6 Å². The monoisotopic (exact) mass is 493 g/mol. The normalized spacial score (nSPS) is 17.5. The minimum Gasteiger partial charge on any atom is -0.481 e. The lowest BCUT2D eigenvalue weighted by Crippen LogP contribution is -2.40. The number of aromatic nitrogens is 2. The molecule has 0 spiro atoms. The predicted octanol–water partition coefficient (Wildman–Crippen LogP) is 3.07. The topological polar surface area (TPSA) is 117 Å². The smallest absolute Gasteiger partial charge is 0.234 e. The van der Waals surface area contributed by atoms with E-state index in [0.717, 1.165) is 29.2 Å². The molecular weight excluding hydrogens is 466 g/mol. The van der Waals surface area contributed by atoms with E-state index < -0.39 is 6.10 Å². The van der Waals surface area contributed by atoms with E-state index in [9.17, 15) is 14.7 Å². The summed E-state index contributed by atoms with van der Waals surface area (Å²) in [6.45, 7) is 1.92. The number of ether oxygens (including phenoxy) is 1. The molecule has 1 fully saturated rings. The molecule has 2 aromatic heterocycles. The zero-order valence-electron chi connectivity index (χ0n) is 19.4. The minimum absolute atomic E-state index is 0.0239. The SMILES string of the molecule is COc1ccc2nccc(NC(=O)C3CCN(C[C@H](O)c4ccc5c(c4)NC(=O)CS5)CC3)c2n1. The highest BCUT2D eigenvalue weighted by Crippen LogP contribution is 2.34. The number of methoxy groups -OCH3 is 1. The first-order valence-corrected chi connectivity index (χ1v) is 12.6. The van der Waals surface area contributed by atoms with E-state index in [1.165, 1.54) is 11.8 Å². The van der Waals surface area contributed by atoms with Crippen LogP contribution in [0.5, 0.6) is 5.88 Å². The summed E-state index contributed by atoms with van der Waals surface area (Å²) in [5, 5.41) is 16.7. The Morgan fingerprint density at radius 2 is 2.11 bits per heavy atom. The van der Waals surface area contributed by atoms with E-state index in [2.05, 4.69) is 25.5 Å². The Morgan fingerprint density at radius 3 is 2.91 bits per heavy atom. The van der Waals surface area contributed by atoms with Crippen LogP contribution in [0.1, 0.15) is 24.5 Å². The molecule has 0 saturated carbocycles. The first-order valence-electron chi connectivity index (χ1n) is 11.6. The van der Waals surface area contributed by atoms with Gasteiger partial charge in [-0.1, -0.05) is 6.07 Å². The maximum atomic E-state index is 13.0. The van der Waals surface area contributed by atoms with Gasteiger partial charge in [-0.15, -0.1) is 11.8 Å². The fourth-order valence-corrected chi connectivity index (χ4v) is 5.28. The molecule has 2 aliphatic rings. The molecule has 0 radical (unpaired) electrons. The molecule has 182 valence electrons. The third kappa shape index (κ3) is 5.24. The average molecular weight is 494 g/mol. The summed E-state index contributed by atoms with van der Waals surface area (Å²) in [7, 11) is 1.55. The van der Waals surface area contributed by atoms with Crippen molar-refractivity contribution in [1.29, 1.82) is 0 Å². The van der Waals surface area contributed by atoms with Crippen LogP contribution >= 0.6 is 11.8 Å². The third-order valence-electron chi connectivity index (χ3n) is 6.44. The summed E-state index contributed by atoms with van der Waals surface area (Å²) in [5.41, 5.74) is 3.44. The highest BCUT2D eigenvalue weighted by atomic mass is 32.2. The Balaban J connectivity index is 1.17. The standard InChI is InChI=1S/C25H27N5O4S/c1-34-23-5-3-17-24(29-23)18(6-9-26-17)28-25(33)15-7-10-30(11-8-15)13-20(31)16-2-4-21-19(12-16)27-22(32)14-35-21/h2-6,9,12,15,20,31H,7-8,10-11,13-14H2,1H3,(H,27,32)(H,26,28,33)/t20-/m0/s1. The molecule has 2 aliphatic heterocycles. The van der Waals surface area contributed by atoms with Crippen LogP contribution in [0.25, 0.3) is 11.0 Å². The largest absolute Gasteiger partial charge is 0.481 e. The van der Waals surface area contributed by atoms with Crippen molar-refractivity contribution in [1.82, 2.24) is 14.9 Å².